The normalized spacial score (nSPS) is 10.9. The molecule has 2 nitrogen and oxygen atoms in total. The first-order valence-electron chi connectivity index (χ1n) is 6.23. The van der Waals surface area contributed by atoms with E-state index in [-0.39, 0.29) is 0 Å². The molecule has 1 aromatic rings. The summed E-state index contributed by atoms with van der Waals surface area (Å²) in [5, 5.41) is 3.42. The lowest BCUT2D eigenvalue weighted by atomic mass is 10.1. The van der Waals surface area contributed by atoms with Crippen LogP contribution in [-0.4, -0.2) is 19.8 Å². The van der Waals surface area contributed by atoms with Crippen LogP contribution in [0.3, 0.4) is 0 Å². The summed E-state index contributed by atoms with van der Waals surface area (Å²) in [5.74, 6) is 0.605. The molecule has 0 aliphatic rings. The average Bonchev–Trinajstić information content (AvgIpc) is 2.29. The number of aryl methyl sites for hydroxylation is 1. The van der Waals surface area contributed by atoms with Gasteiger partial charge in [-0.05, 0) is 36.1 Å². The van der Waals surface area contributed by atoms with Crippen LogP contribution in [0.1, 0.15) is 26.3 Å². The Morgan fingerprint density at radius 3 is 2.76 bits per heavy atom. The van der Waals surface area contributed by atoms with Gasteiger partial charge < -0.3 is 10.1 Å². The summed E-state index contributed by atoms with van der Waals surface area (Å²) in [4.78, 5) is 0. The van der Waals surface area contributed by atoms with Crippen LogP contribution in [0.4, 0.5) is 5.69 Å². The third-order valence-electron chi connectivity index (χ3n) is 2.46. The maximum absolute atomic E-state index is 5.54. The van der Waals surface area contributed by atoms with Gasteiger partial charge in [-0.3, -0.25) is 0 Å². The zero-order valence-electron chi connectivity index (χ0n) is 10.9. The first kappa shape index (κ1) is 14.5. The van der Waals surface area contributed by atoms with E-state index < -0.39 is 0 Å². The Labute approximate surface area is 113 Å². The van der Waals surface area contributed by atoms with E-state index in [1.165, 1.54) is 11.3 Å². The van der Waals surface area contributed by atoms with Gasteiger partial charge in [-0.1, -0.05) is 36.7 Å². The number of rotatable bonds is 7. The van der Waals surface area contributed by atoms with Crippen molar-refractivity contribution in [1.29, 1.82) is 0 Å². The quantitative estimate of drug-likeness (QED) is 0.766. The molecule has 0 saturated carbocycles. The monoisotopic (exact) mass is 299 g/mol. The Kier molecular flexibility index (Phi) is 6.60. The Morgan fingerprint density at radius 2 is 2.12 bits per heavy atom. The largest absolute Gasteiger partial charge is 0.383 e. The van der Waals surface area contributed by atoms with Crippen molar-refractivity contribution < 1.29 is 4.74 Å². The Hall–Kier alpha value is -0.540. The van der Waals surface area contributed by atoms with Gasteiger partial charge in [0.15, 0.2) is 0 Å². The molecule has 0 fully saturated rings. The molecule has 17 heavy (non-hydrogen) atoms. The summed E-state index contributed by atoms with van der Waals surface area (Å²) in [5.41, 5.74) is 2.55. The van der Waals surface area contributed by atoms with Crippen LogP contribution < -0.4 is 5.32 Å². The average molecular weight is 300 g/mol. The maximum atomic E-state index is 5.54. The van der Waals surface area contributed by atoms with Crippen LogP contribution in [0.5, 0.6) is 0 Å². The summed E-state index contributed by atoms with van der Waals surface area (Å²) in [6.45, 7) is 8.96. The first-order chi connectivity index (χ1) is 8.13. The smallest absolute Gasteiger partial charge is 0.0639 e. The van der Waals surface area contributed by atoms with Crippen molar-refractivity contribution in [2.75, 3.05) is 25.1 Å². The highest BCUT2D eigenvalue weighted by Gasteiger charge is 2.01. The van der Waals surface area contributed by atoms with Crippen molar-refractivity contribution in [3.05, 3.63) is 28.2 Å². The Morgan fingerprint density at radius 1 is 1.35 bits per heavy atom. The zero-order chi connectivity index (χ0) is 12.7. The summed E-state index contributed by atoms with van der Waals surface area (Å²) in [7, 11) is 0. The predicted molar refractivity (Wildman–Crippen MR) is 77.7 cm³/mol. The number of hydrogen-bond acceptors (Lipinski definition) is 2. The van der Waals surface area contributed by atoms with E-state index in [0.29, 0.717) is 5.92 Å². The standard InChI is InChI=1S/C14H22BrNO/c1-4-12-9-13(15)5-6-14(12)16-7-8-17-10-11(2)3/h5-6,9,11,16H,4,7-8,10H2,1-3H3. The fourth-order valence-corrected chi connectivity index (χ4v) is 2.01. The maximum Gasteiger partial charge on any atom is 0.0639 e. The fraction of sp³-hybridized carbons (Fsp3) is 0.571. The zero-order valence-corrected chi connectivity index (χ0v) is 12.5. The highest BCUT2D eigenvalue weighted by atomic mass is 79.9. The molecule has 96 valence electrons. The summed E-state index contributed by atoms with van der Waals surface area (Å²) < 4.78 is 6.68. The minimum atomic E-state index is 0.605. The number of anilines is 1. The van der Waals surface area contributed by atoms with Crippen molar-refractivity contribution in [2.45, 2.75) is 27.2 Å². The molecule has 0 heterocycles. The second kappa shape index (κ2) is 7.72. The van der Waals surface area contributed by atoms with E-state index in [9.17, 15) is 0 Å². The summed E-state index contributed by atoms with van der Waals surface area (Å²) in [6, 6.07) is 6.35. The van der Waals surface area contributed by atoms with E-state index in [1.807, 2.05) is 0 Å². The van der Waals surface area contributed by atoms with E-state index in [2.05, 4.69) is 60.2 Å². The van der Waals surface area contributed by atoms with E-state index in [4.69, 9.17) is 4.74 Å². The van der Waals surface area contributed by atoms with Gasteiger partial charge in [-0.25, -0.2) is 0 Å². The van der Waals surface area contributed by atoms with Gasteiger partial charge in [0.1, 0.15) is 0 Å². The van der Waals surface area contributed by atoms with Crippen LogP contribution in [0.15, 0.2) is 22.7 Å². The number of benzene rings is 1. The minimum absolute atomic E-state index is 0.605. The molecule has 1 rings (SSSR count). The summed E-state index contributed by atoms with van der Waals surface area (Å²) >= 11 is 3.49. The van der Waals surface area contributed by atoms with Gasteiger partial charge in [0.2, 0.25) is 0 Å². The fourth-order valence-electron chi connectivity index (χ4n) is 1.60. The van der Waals surface area contributed by atoms with E-state index in [1.54, 1.807) is 0 Å². The van der Waals surface area contributed by atoms with Crippen molar-refractivity contribution in [3.63, 3.8) is 0 Å². The molecule has 0 bridgehead atoms. The number of hydrogen-bond donors (Lipinski definition) is 1. The molecule has 0 atom stereocenters. The van der Waals surface area contributed by atoms with Gasteiger partial charge in [0.05, 0.1) is 6.61 Å². The van der Waals surface area contributed by atoms with Crippen LogP contribution >= 0.6 is 15.9 Å². The Bertz CT molecular complexity index is 339. The molecule has 0 radical (unpaired) electrons. The van der Waals surface area contributed by atoms with Crippen LogP contribution in [0.2, 0.25) is 0 Å². The Balaban J connectivity index is 2.36. The lowest BCUT2D eigenvalue weighted by molar-refractivity contribution is 0.118. The topological polar surface area (TPSA) is 21.3 Å². The van der Waals surface area contributed by atoms with Gasteiger partial charge in [-0.2, -0.15) is 0 Å². The molecule has 3 heteroatoms. The molecule has 1 aromatic carbocycles. The van der Waals surface area contributed by atoms with Gasteiger partial charge in [0, 0.05) is 23.3 Å². The molecule has 0 unspecified atom stereocenters. The number of halogens is 1. The van der Waals surface area contributed by atoms with Gasteiger partial charge in [0.25, 0.3) is 0 Å². The van der Waals surface area contributed by atoms with Crippen LogP contribution in [0.25, 0.3) is 0 Å². The highest BCUT2D eigenvalue weighted by Crippen LogP contribution is 2.21. The van der Waals surface area contributed by atoms with E-state index in [0.717, 1.165) is 30.7 Å². The number of nitrogens with one attached hydrogen (secondary N) is 1. The lowest BCUT2D eigenvalue weighted by Crippen LogP contribution is -2.13. The predicted octanol–water partition coefficient (Wildman–Crippen LogP) is 4.10. The van der Waals surface area contributed by atoms with Crippen LogP contribution in [0, 0.1) is 5.92 Å². The first-order valence-corrected chi connectivity index (χ1v) is 7.02. The van der Waals surface area contributed by atoms with E-state index >= 15 is 0 Å². The third kappa shape index (κ3) is 5.55. The molecule has 0 amide bonds. The van der Waals surface area contributed by atoms with Gasteiger partial charge >= 0.3 is 0 Å². The second-order valence-corrected chi connectivity index (χ2v) is 5.47. The van der Waals surface area contributed by atoms with Crippen molar-refractivity contribution >= 4 is 21.6 Å². The molecule has 1 N–H and O–H groups in total. The van der Waals surface area contributed by atoms with Gasteiger partial charge in [-0.15, -0.1) is 0 Å². The lowest BCUT2D eigenvalue weighted by Gasteiger charge is -2.12. The summed E-state index contributed by atoms with van der Waals surface area (Å²) in [6.07, 6.45) is 1.04. The molecule has 0 spiro atoms. The van der Waals surface area contributed by atoms with Crippen LogP contribution in [-0.2, 0) is 11.2 Å². The SMILES string of the molecule is CCc1cc(Br)ccc1NCCOCC(C)C. The minimum Gasteiger partial charge on any atom is -0.383 e. The molecule has 0 aromatic heterocycles. The highest BCUT2D eigenvalue weighted by molar-refractivity contribution is 9.10. The molecule has 0 saturated heterocycles. The molecule has 0 aliphatic heterocycles. The molecule has 0 aliphatic carbocycles. The molecular formula is C14H22BrNO. The number of ether oxygens (including phenoxy) is 1. The van der Waals surface area contributed by atoms with Crippen molar-refractivity contribution in [3.8, 4) is 0 Å². The van der Waals surface area contributed by atoms with Crippen molar-refractivity contribution in [1.82, 2.24) is 0 Å². The molecular weight excluding hydrogens is 278 g/mol. The van der Waals surface area contributed by atoms with Crippen molar-refractivity contribution in [2.24, 2.45) is 5.92 Å². The third-order valence-corrected chi connectivity index (χ3v) is 2.95. The second-order valence-electron chi connectivity index (χ2n) is 4.55.